The molecule has 2 N–H and O–H groups in total. The van der Waals surface area contributed by atoms with Gasteiger partial charge in [-0.1, -0.05) is 24.3 Å². The van der Waals surface area contributed by atoms with Crippen molar-refractivity contribution in [2.24, 2.45) is 5.92 Å². The second kappa shape index (κ2) is 13.7. The first kappa shape index (κ1) is 31.5. The van der Waals surface area contributed by atoms with Crippen LogP contribution in [-0.4, -0.2) is 48.5 Å². The Hall–Kier alpha value is -4.41. The minimum Gasteiger partial charge on any atom is -0.464 e. The van der Waals surface area contributed by atoms with Gasteiger partial charge in [0.2, 0.25) is 5.91 Å². The number of amides is 2. The molecule has 1 fully saturated rings. The van der Waals surface area contributed by atoms with Gasteiger partial charge in [0.1, 0.15) is 11.9 Å². The molecular formula is C32H35F3N4O4. The summed E-state index contributed by atoms with van der Waals surface area (Å²) >= 11 is 0. The highest BCUT2D eigenvalue weighted by atomic mass is 19.4. The summed E-state index contributed by atoms with van der Waals surface area (Å²) in [6.07, 6.45) is -0.815. The van der Waals surface area contributed by atoms with Crippen LogP contribution in [0.2, 0.25) is 0 Å². The number of hydrogen-bond donors (Lipinski definition) is 2. The molecular weight excluding hydrogens is 561 g/mol. The molecule has 0 spiro atoms. The van der Waals surface area contributed by atoms with Crippen molar-refractivity contribution in [3.8, 4) is 11.1 Å². The van der Waals surface area contributed by atoms with Gasteiger partial charge in [-0.25, -0.2) is 9.78 Å². The first-order valence-corrected chi connectivity index (χ1v) is 14.2. The number of anilines is 2. The molecule has 4 rings (SSSR count). The van der Waals surface area contributed by atoms with Crippen molar-refractivity contribution in [3.63, 3.8) is 0 Å². The van der Waals surface area contributed by atoms with Crippen LogP contribution < -0.4 is 15.5 Å². The fourth-order valence-corrected chi connectivity index (χ4v) is 5.18. The van der Waals surface area contributed by atoms with Gasteiger partial charge >= 0.3 is 12.1 Å². The fraction of sp³-hybridized carbons (Fsp3) is 0.375. The van der Waals surface area contributed by atoms with Crippen LogP contribution in [0.15, 0.2) is 60.8 Å². The van der Waals surface area contributed by atoms with Gasteiger partial charge in [-0.15, -0.1) is 0 Å². The SMILES string of the molecule is CCOC(=O)C(C)NC(=O)CC1CCN(c2ccc(NC(=O)c3cccc(C)c3-c3ccc(C(F)(F)F)cc3)nc2)CC1. The van der Waals surface area contributed by atoms with E-state index in [2.05, 4.69) is 20.5 Å². The second-order valence-corrected chi connectivity index (χ2v) is 10.6. The average molecular weight is 597 g/mol. The number of rotatable bonds is 9. The third kappa shape index (κ3) is 8.12. The van der Waals surface area contributed by atoms with Crippen molar-refractivity contribution in [2.75, 3.05) is 29.9 Å². The Morgan fingerprint density at radius 2 is 1.74 bits per heavy atom. The third-order valence-corrected chi connectivity index (χ3v) is 7.48. The number of nitrogens with zero attached hydrogens (tertiary/aromatic N) is 2. The number of ether oxygens (including phenoxy) is 1. The quantitative estimate of drug-likeness (QED) is 0.294. The lowest BCUT2D eigenvalue weighted by Crippen LogP contribution is -2.41. The number of carbonyl (C=O) groups is 3. The summed E-state index contributed by atoms with van der Waals surface area (Å²) < 4.78 is 44.0. The van der Waals surface area contributed by atoms with Gasteiger partial charge in [0.05, 0.1) is 24.1 Å². The molecule has 1 atom stereocenters. The van der Waals surface area contributed by atoms with E-state index in [-0.39, 0.29) is 18.4 Å². The molecule has 1 aliphatic rings. The van der Waals surface area contributed by atoms with E-state index in [1.54, 1.807) is 51.2 Å². The summed E-state index contributed by atoms with van der Waals surface area (Å²) in [7, 11) is 0. The topological polar surface area (TPSA) is 101 Å². The molecule has 0 bridgehead atoms. The summed E-state index contributed by atoms with van der Waals surface area (Å²) in [5, 5.41) is 5.49. The van der Waals surface area contributed by atoms with E-state index in [1.807, 2.05) is 6.07 Å². The second-order valence-electron chi connectivity index (χ2n) is 10.6. The van der Waals surface area contributed by atoms with Crippen molar-refractivity contribution in [1.29, 1.82) is 0 Å². The van der Waals surface area contributed by atoms with Crippen LogP contribution in [0.4, 0.5) is 24.7 Å². The number of benzene rings is 2. The normalized spacial score (nSPS) is 14.6. The molecule has 2 amide bonds. The number of piperidine rings is 1. The van der Waals surface area contributed by atoms with Crippen LogP contribution >= 0.6 is 0 Å². The smallest absolute Gasteiger partial charge is 0.416 e. The van der Waals surface area contributed by atoms with Crippen molar-refractivity contribution in [2.45, 2.75) is 52.3 Å². The lowest BCUT2D eigenvalue weighted by Gasteiger charge is -2.33. The fourth-order valence-electron chi connectivity index (χ4n) is 5.18. The zero-order valence-electron chi connectivity index (χ0n) is 24.3. The molecule has 2 heterocycles. The number of carbonyl (C=O) groups excluding carboxylic acids is 3. The molecule has 1 aliphatic heterocycles. The van der Waals surface area contributed by atoms with Crippen molar-refractivity contribution in [1.82, 2.24) is 10.3 Å². The zero-order chi connectivity index (χ0) is 31.1. The van der Waals surface area contributed by atoms with E-state index in [0.29, 0.717) is 28.9 Å². The Balaban J connectivity index is 1.34. The average Bonchev–Trinajstić information content (AvgIpc) is 2.97. The highest BCUT2D eigenvalue weighted by Crippen LogP contribution is 2.33. The molecule has 8 nitrogen and oxygen atoms in total. The Morgan fingerprint density at radius 1 is 1.05 bits per heavy atom. The molecule has 43 heavy (non-hydrogen) atoms. The highest BCUT2D eigenvalue weighted by Gasteiger charge is 2.30. The van der Waals surface area contributed by atoms with E-state index in [4.69, 9.17) is 4.74 Å². The van der Waals surface area contributed by atoms with Crippen LogP contribution in [0.1, 0.15) is 54.6 Å². The van der Waals surface area contributed by atoms with Crippen LogP contribution in [0.25, 0.3) is 11.1 Å². The number of pyridine rings is 1. The maximum absolute atomic E-state index is 13.2. The van der Waals surface area contributed by atoms with Gasteiger partial charge < -0.3 is 20.3 Å². The predicted molar refractivity (Wildman–Crippen MR) is 158 cm³/mol. The predicted octanol–water partition coefficient (Wildman–Crippen LogP) is 6.00. The number of halogens is 3. The van der Waals surface area contributed by atoms with Gasteiger partial charge in [-0.3, -0.25) is 9.59 Å². The van der Waals surface area contributed by atoms with Crippen molar-refractivity contribution >= 4 is 29.3 Å². The number of aryl methyl sites for hydroxylation is 1. The van der Waals surface area contributed by atoms with Crippen LogP contribution in [0, 0.1) is 12.8 Å². The standard InChI is InChI=1S/C32H35F3N4O4/c1-4-43-31(42)21(3)37-28(40)18-22-14-16-39(17-15-22)25-12-13-27(36-19-25)38-30(41)26-7-5-6-20(2)29(26)23-8-10-24(11-9-23)32(33,34)35/h5-13,19,21-22H,4,14-18H2,1-3H3,(H,37,40)(H,36,38,41). The molecule has 11 heteroatoms. The first-order chi connectivity index (χ1) is 20.5. The summed E-state index contributed by atoms with van der Waals surface area (Å²) in [6, 6.07) is 12.8. The minimum absolute atomic E-state index is 0.171. The van der Waals surface area contributed by atoms with E-state index in [0.717, 1.165) is 49.3 Å². The van der Waals surface area contributed by atoms with Gasteiger partial charge in [-0.05, 0) is 86.6 Å². The Morgan fingerprint density at radius 3 is 2.35 bits per heavy atom. The van der Waals surface area contributed by atoms with Gasteiger partial charge in [0, 0.05) is 25.1 Å². The largest absolute Gasteiger partial charge is 0.464 e. The summed E-state index contributed by atoms with van der Waals surface area (Å²) in [4.78, 5) is 43.9. The Bertz CT molecular complexity index is 1430. The number of alkyl halides is 3. The zero-order valence-corrected chi connectivity index (χ0v) is 24.3. The maximum atomic E-state index is 13.2. The maximum Gasteiger partial charge on any atom is 0.416 e. The van der Waals surface area contributed by atoms with Crippen molar-refractivity contribution < 1.29 is 32.3 Å². The minimum atomic E-state index is -4.44. The molecule has 228 valence electrons. The molecule has 1 saturated heterocycles. The van der Waals surface area contributed by atoms with Crippen LogP contribution in [0.3, 0.4) is 0 Å². The van der Waals surface area contributed by atoms with Gasteiger partial charge in [0.25, 0.3) is 5.91 Å². The first-order valence-electron chi connectivity index (χ1n) is 14.2. The Kier molecular flexibility index (Phi) is 10.1. The van der Waals surface area contributed by atoms with E-state index in [9.17, 15) is 27.6 Å². The molecule has 1 aromatic heterocycles. The monoisotopic (exact) mass is 596 g/mol. The van der Waals surface area contributed by atoms with E-state index < -0.39 is 29.7 Å². The van der Waals surface area contributed by atoms with Gasteiger partial charge in [0.15, 0.2) is 0 Å². The van der Waals surface area contributed by atoms with Crippen LogP contribution in [-0.2, 0) is 20.5 Å². The number of nitrogens with one attached hydrogen (secondary N) is 2. The highest BCUT2D eigenvalue weighted by molar-refractivity contribution is 6.08. The molecule has 0 radical (unpaired) electrons. The molecule has 1 unspecified atom stereocenters. The molecule has 0 saturated carbocycles. The third-order valence-electron chi connectivity index (χ3n) is 7.48. The number of hydrogen-bond acceptors (Lipinski definition) is 6. The molecule has 2 aromatic carbocycles. The summed E-state index contributed by atoms with van der Waals surface area (Å²) in [5.74, 6) is -0.497. The lowest BCUT2D eigenvalue weighted by molar-refractivity contribution is -0.147. The van der Waals surface area contributed by atoms with Crippen molar-refractivity contribution in [3.05, 3.63) is 77.5 Å². The Labute approximate surface area is 248 Å². The van der Waals surface area contributed by atoms with Gasteiger partial charge in [-0.2, -0.15) is 13.2 Å². The van der Waals surface area contributed by atoms with E-state index in [1.165, 1.54) is 12.1 Å². The number of aromatic nitrogens is 1. The number of esters is 1. The van der Waals surface area contributed by atoms with E-state index >= 15 is 0 Å². The summed E-state index contributed by atoms with van der Waals surface area (Å²) in [6.45, 7) is 6.86. The summed E-state index contributed by atoms with van der Waals surface area (Å²) in [5.41, 5.74) is 2.28. The lowest BCUT2D eigenvalue weighted by atomic mass is 9.93. The van der Waals surface area contributed by atoms with Crippen LogP contribution in [0.5, 0.6) is 0 Å². The molecule has 0 aliphatic carbocycles. The molecule has 3 aromatic rings.